The summed E-state index contributed by atoms with van der Waals surface area (Å²) in [5.41, 5.74) is 5.61. The Hall–Kier alpha value is -0.130. The van der Waals surface area contributed by atoms with Gasteiger partial charge in [-0.05, 0) is 31.7 Å². The third kappa shape index (κ3) is 2.46. The molecule has 1 rings (SSSR count). The molecule has 0 aromatic carbocycles. The largest absolute Gasteiger partial charge is 0.330 e. The molecule has 0 spiro atoms. The number of hydrogen-bond acceptors (Lipinski definition) is 3. The van der Waals surface area contributed by atoms with Crippen LogP contribution in [0.3, 0.4) is 0 Å². The number of sulfonamides is 1. The second kappa shape index (κ2) is 4.59. The maximum atomic E-state index is 11.6. The molecule has 84 valence electrons. The lowest BCUT2D eigenvalue weighted by molar-refractivity contribution is 0.204. The van der Waals surface area contributed by atoms with E-state index in [-0.39, 0.29) is 5.75 Å². The Morgan fingerprint density at radius 1 is 1.50 bits per heavy atom. The Kier molecular flexibility index (Phi) is 3.92. The molecule has 4 nitrogen and oxygen atoms in total. The predicted molar refractivity (Wildman–Crippen MR) is 57.4 cm³/mol. The van der Waals surface area contributed by atoms with Crippen LogP contribution in [-0.4, -0.2) is 38.1 Å². The average Bonchev–Trinajstić information content (AvgIpc) is 2.17. The number of hydrogen-bond donors (Lipinski definition) is 1. The van der Waals surface area contributed by atoms with Crippen molar-refractivity contribution < 1.29 is 8.42 Å². The molecule has 0 aromatic rings. The van der Waals surface area contributed by atoms with Crippen LogP contribution in [0.2, 0.25) is 0 Å². The minimum atomic E-state index is -2.99. The first-order chi connectivity index (χ1) is 6.51. The summed E-state index contributed by atoms with van der Waals surface area (Å²) in [4.78, 5) is 0. The molecule has 1 aliphatic rings. The van der Waals surface area contributed by atoms with Crippen molar-refractivity contribution in [3.05, 3.63) is 0 Å². The summed E-state index contributed by atoms with van der Waals surface area (Å²) >= 11 is 0. The summed E-state index contributed by atoms with van der Waals surface area (Å²) in [5, 5.41) is 0. The lowest BCUT2D eigenvalue weighted by Gasteiger charge is -2.35. The Morgan fingerprint density at radius 2 is 2.14 bits per heavy atom. The van der Waals surface area contributed by atoms with Crippen molar-refractivity contribution in [1.82, 2.24) is 4.31 Å². The highest BCUT2D eigenvalue weighted by atomic mass is 32.2. The Bertz CT molecular complexity index is 277. The van der Waals surface area contributed by atoms with E-state index in [9.17, 15) is 8.42 Å². The van der Waals surface area contributed by atoms with Crippen LogP contribution in [0.1, 0.15) is 20.3 Å². The van der Waals surface area contributed by atoms with Gasteiger partial charge in [-0.1, -0.05) is 6.92 Å². The van der Waals surface area contributed by atoms with Crippen molar-refractivity contribution in [2.75, 3.05) is 25.4 Å². The summed E-state index contributed by atoms with van der Waals surface area (Å²) in [5.74, 6) is 1.07. The van der Waals surface area contributed by atoms with Gasteiger partial charge < -0.3 is 5.73 Å². The third-order valence-electron chi connectivity index (χ3n) is 3.11. The zero-order valence-corrected chi connectivity index (χ0v) is 9.76. The third-order valence-corrected chi connectivity index (χ3v) is 4.95. The zero-order chi connectivity index (χ0) is 10.8. The molecule has 1 aliphatic heterocycles. The number of rotatable bonds is 3. The maximum Gasteiger partial charge on any atom is 0.213 e. The first-order valence-corrected chi connectivity index (χ1v) is 6.80. The fourth-order valence-electron chi connectivity index (χ4n) is 1.94. The van der Waals surface area contributed by atoms with Crippen LogP contribution in [0, 0.1) is 11.8 Å². The highest BCUT2D eigenvalue weighted by molar-refractivity contribution is 7.89. The average molecular weight is 220 g/mol. The van der Waals surface area contributed by atoms with Gasteiger partial charge >= 0.3 is 0 Å². The first kappa shape index (κ1) is 11.9. The van der Waals surface area contributed by atoms with Crippen LogP contribution in [0.4, 0.5) is 0 Å². The van der Waals surface area contributed by atoms with Crippen molar-refractivity contribution in [3.63, 3.8) is 0 Å². The minimum absolute atomic E-state index is 0.201. The van der Waals surface area contributed by atoms with Crippen LogP contribution in [0.15, 0.2) is 0 Å². The molecule has 1 fully saturated rings. The molecule has 0 amide bonds. The number of piperidine rings is 1. The molecule has 0 aromatic heterocycles. The monoisotopic (exact) mass is 220 g/mol. The van der Waals surface area contributed by atoms with E-state index in [0.717, 1.165) is 6.42 Å². The second-order valence-electron chi connectivity index (χ2n) is 4.02. The normalized spacial score (nSPS) is 30.5. The van der Waals surface area contributed by atoms with Gasteiger partial charge in [0.05, 0.1) is 5.75 Å². The van der Waals surface area contributed by atoms with Crippen molar-refractivity contribution in [2.45, 2.75) is 20.3 Å². The standard InChI is InChI=1S/C9H20N2O2S/c1-3-14(12,13)11-5-4-9(6-10)8(2)7-11/h8-9H,3-7,10H2,1-2H3. The maximum absolute atomic E-state index is 11.6. The van der Waals surface area contributed by atoms with E-state index >= 15 is 0 Å². The molecule has 1 heterocycles. The molecule has 0 saturated carbocycles. The smallest absolute Gasteiger partial charge is 0.213 e. The molecule has 5 heteroatoms. The van der Waals surface area contributed by atoms with Gasteiger partial charge in [-0.15, -0.1) is 0 Å². The molecular formula is C9H20N2O2S. The van der Waals surface area contributed by atoms with E-state index in [1.165, 1.54) is 0 Å². The van der Waals surface area contributed by atoms with Crippen LogP contribution < -0.4 is 5.73 Å². The molecule has 14 heavy (non-hydrogen) atoms. The predicted octanol–water partition coefficient (Wildman–Crippen LogP) is 0.253. The van der Waals surface area contributed by atoms with Gasteiger partial charge in [0.15, 0.2) is 0 Å². The quantitative estimate of drug-likeness (QED) is 0.741. The van der Waals surface area contributed by atoms with E-state index in [0.29, 0.717) is 31.5 Å². The Labute approximate surface area is 86.5 Å². The van der Waals surface area contributed by atoms with Crippen LogP contribution in [-0.2, 0) is 10.0 Å². The molecule has 0 bridgehead atoms. The van der Waals surface area contributed by atoms with E-state index in [4.69, 9.17) is 5.73 Å². The van der Waals surface area contributed by atoms with Gasteiger partial charge in [-0.2, -0.15) is 0 Å². The van der Waals surface area contributed by atoms with Gasteiger partial charge in [0, 0.05) is 13.1 Å². The number of nitrogens with zero attached hydrogens (tertiary/aromatic N) is 1. The van der Waals surface area contributed by atoms with Gasteiger partial charge in [0.2, 0.25) is 10.0 Å². The van der Waals surface area contributed by atoms with Crippen LogP contribution >= 0.6 is 0 Å². The summed E-state index contributed by atoms with van der Waals surface area (Å²) in [6.07, 6.45) is 0.900. The molecule has 1 saturated heterocycles. The van der Waals surface area contributed by atoms with Gasteiger partial charge in [0.25, 0.3) is 0 Å². The van der Waals surface area contributed by atoms with Gasteiger partial charge in [-0.3, -0.25) is 0 Å². The minimum Gasteiger partial charge on any atom is -0.330 e. The molecular weight excluding hydrogens is 200 g/mol. The SMILES string of the molecule is CCS(=O)(=O)N1CCC(CN)C(C)C1. The second-order valence-corrected chi connectivity index (χ2v) is 6.28. The summed E-state index contributed by atoms with van der Waals surface area (Å²) in [6, 6.07) is 0. The molecule has 2 N–H and O–H groups in total. The van der Waals surface area contributed by atoms with E-state index in [1.807, 2.05) is 0 Å². The first-order valence-electron chi connectivity index (χ1n) is 5.19. The highest BCUT2D eigenvalue weighted by Crippen LogP contribution is 2.24. The van der Waals surface area contributed by atoms with Gasteiger partial charge in [-0.25, -0.2) is 12.7 Å². The lowest BCUT2D eigenvalue weighted by Crippen LogP contribution is -2.45. The van der Waals surface area contributed by atoms with Gasteiger partial charge in [0.1, 0.15) is 0 Å². The highest BCUT2D eigenvalue weighted by Gasteiger charge is 2.30. The topological polar surface area (TPSA) is 63.4 Å². The van der Waals surface area contributed by atoms with Crippen molar-refractivity contribution in [1.29, 1.82) is 0 Å². The number of nitrogens with two attached hydrogens (primary N) is 1. The summed E-state index contributed by atoms with van der Waals surface area (Å²) in [7, 11) is -2.99. The van der Waals surface area contributed by atoms with Crippen molar-refractivity contribution in [2.24, 2.45) is 17.6 Å². The molecule has 2 atom stereocenters. The fraction of sp³-hybridized carbons (Fsp3) is 1.00. The van der Waals surface area contributed by atoms with Crippen LogP contribution in [0.5, 0.6) is 0 Å². The summed E-state index contributed by atoms with van der Waals surface area (Å²) in [6.45, 7) is 5.71. The summed E-state index contributed by atoms with van der Waals surface area (Å²) < 4.78 is 24.8. The van der Waals surface area contributed by atoms with E-state index in [1.54, 1.807) is 11.2 Å². The lowest BCUT2D eigenvalue weighted by atomic mass is 9.88. The van der Waals surface area contributed by atoms with Crippen molar-refractivity contribution in [3.8, 4) is 0 Å². The van der Waals surface area contributed by atoms with E-state index in [2.05, 4.69) is 6.92 Å². The molecule has 2 unspecified atom stereocenters. The Balaban J connectivity index is 2.63. The van der Waals surface area contributed by atoms with E-state index < -0.39 is 10.0 Å². The molecule has 0 aliphatic carbocycles. The zero-order valence-electron chi connectivity index (χ0n) is 8.94. The van der Waals surface area contributed by atoms with Crippen molar-refractivity contribution >= 4 is 10.0 Å². The van der Waals surface area contributed by atoms with Crippen LogP contribution in [0.25, 0.3) is 0 Å². The Morgan fingerprint density at radius 3 is 2.57 bits per heavy atom. The fourth-order valence-corrected chi connectivity index (χ4v) is 3.15. The molecule has 0 radical (unpaired) electrons.